The quantitative estimate of drug-likeness (QED) is 0.571. The van der Waals surface area contributed by atoms with Crippen molar-refractivity contribution < 1.29 is 0 Å². The first kappa shape index (κ1) is 15.5. The van der Waals surface area contributed by atoms with E-state index in [1.54, 1.807) is 0 Å². The van der Waals surface area contributed by atoms with Gasteiger partial charge in [0.15, 0.2) is 0 Å². The fraction of sp³-hybridized carbons (Fsp3) is 0.867. The lowest BCUT2D eigenvalue weighted by Crippen LogP contribution is -2.34. The van der Waals surface area contributed by atoms with Gasteiger partial charge in [-0.25, -0.2) is 0 Å². The van der Waals surface area contributed by atoms with Crippen LogP contribution in [-0.2, 0) is 0 Å². The van der Waals surface area contributed by atoms with Crippen molar-refractivity contribution in [2.45, 2.75) is 72.8 Å². The molecule has 0 fully saturated rings. The summed E-state index contributed by atoms with van der Waals surface area (Å²) in [5.74, 6) is 0. The minimum Gasteiger partial charge on any atom is -0.376 e. The molecule has 1 nitrogen and oxygen atoms in total. The lowest BCUT2D eigenvalue weighted by molar-refractivity contribution is 0.154. The topological polar surface area (TPSA) is 3.24 Å². The van der Waals surface area contributed by atoms with Gasteiger partial charge in [0.25, 0.3) is 0 Å². The highest BCUT2D eigenvalue weighted by molar-refractivity contribution is 4.91. The van der Waals surface area contributed by atoms with Crippen molar-refractivity contribution in [2.75, 3.05) is 7.05 Å². The molecule has 0 aromatic heterocycles. The van der Waals surface area contributed by atoms with Crippen molar-refractivity contribution in [3.63, 3.8) is 0 Å². The molecule has 1 heteroatoms. The summed E-state index contributed by atoms with van der Waals surface area (Å²) in [5.41, 5.74) is 1.71. The van der Waals surface area contributed by atoms with E-state index < -0.39 is 0 Å². The Morgan fingerprint density at radius 1 is 1.25 bits per heavy atom. The van der Waals surface area contributed by atoms with Gasteiger partial charge in [-0.3, -0.25) is 0 Å². The third kappa shape index (κ3) is 4.19. The van der Waals surface area contributed by atoms with Gasteiger partial charge in [0.05, 0.1) is 0 Å². The number of allylic oxidation sites excluding steroid dienone is 1. The number of hydrogen-bond acceptors (Lipinski definition) is 1. The first-order valence-corrected chi connectivity index (χ1v) is 6.80. The Kier molecular flexibility index (Phi) is 6.78. The summed E-state index contributed by atoms with van der Waals surface area (Å²) in [6.45, 7) is 15.4. The summed E-state index contributed by atoms with van der Waals surface area (Å²) in [5, 5.41) is 0. The maximum absolute atomic E-state index is 4.03. The Bertz CT molecular complexity index is 203. The summed E-state index contributed by atoms with van der Waals surface area (Å²) in [6, 6.07) is 0.601. The van der Waals surface area contributed by atoms with Crippen LogP contribution in [0.5, 0.6) is 0 Å². The molecule has 0 saturated heterocycles. The average molecular weight is 225 g/mol. The molecule has 1 atom stereocenters. The second-order valence-corrected chi connectivity index (χ2v) is 5.36. The minimum absolute atomic E-state index is 0.540. The Labute approximate surface area is 103 Å². The molecular weight excluding hydrogens is 194 g/mol. The molecule has 96 valence electrons. The minimum atomic E-state index is 0.540. The molecule has 0 aromatic rings. The number of rotatable bonds is 8. The van der Waals surface area contributed by atoms with E-state index in [0.29, 0.717) is 11.5 Å². The summed E-state index contributed by atoms with van der Waals surface area (Å²) in [7, 11) is 2.16. The summed E-state index contributed by atoms with van der Waals surface area (Å²) >= 11 is 0. The van der Waals surface area contributed by atoms with Crippen LogP contribution in [0.1, 0.15) is 66.7 Å². The maximum Gasteiger partial charge on any atom is 0.0260 e. The van der Waals surface area contributed by atoms with Gasteiger partial charge in [0, 0.05) is 18.8 Å². The van der Waals surface area contributed by atoms with E-state index in [1.807, 2.05) is 0 Å². The highest BCUT2D eigenvalue weighted by Gasteiger charge is 2.28. The molecule has 0 amide bonds. The van der Waals surface area contributed by atoms with Crippen LogP contribution in [0.4, 0.5) is 0 Å². The lowest BCUT2D eigenvalue weighted by atomic mass is 9.73. The van der Waals surface area contributed by atoms with E-state index in [9.17, 15) is 0 Å². The van der Waals surface area contributed by atoms with Gasteiger partial charge in [-0.15, -0.1) is 0 Å². The van der Waals surface area contributed by atoms with Crippen LogP contribution < -0.4 is 0 Å². The molecule has 16 heavy (non-hydrogen) atoms. The molecule has 0 heterocycles. The third-order valence-electron chi connectivity index (χ3n) is 4.27. The Hall–Kier alpha value is -0.460. The van der Waals surface area contributed by atoms with Crippen LogP contribution in [0.15, 0.2) is 12.3 Å². The normalized spacial score (nSPS) is 13.6. The van der Waals surface area contributed by atoms with Crippen molar-refractivity contribution in [2.24, 2.45) is 5.41 Å². The van der Waals surface area contributed by atoms with E-state index in [2.05, 4.69) is 53.1 Å². The van der Waals surface area contributed by atoms with Gasteiger partial charge in [0.2, 0.25) is 0 Å². The van der Waals surface area contributed by atoms with E-state index in [4.69, 9.17) is 0 Å². The van der Waals surface area contributed by atoms with Gasteiger partial charge in [-0.2, -0.15) is 0 Å². The zero-order valence-corrected chi connectivity index (χ0v) is 12.3. The molecule has 0 N–H and O–H groups in total. The Morgan fingerprint density at radius 2 is 1.75 bits per heavy atom. The SMILES string of the molecule is C=C(C)N(C)C(C)CC(CC)(CC)CCC. The van der Waals surface area contributed by atoms with Crippen LogP contribution in [0.2, 0.25) is 0 Å². The van der Waals surface area contributed by atoms with Crippen molar-refractivity contribution in [1.82, 2.24) is 4.90 Å². The molecule has 0 spiro atoms. The van der Waals surface area contributed by atoms with Crippen LogP contribution in [0.25, 0.3) is 0 Å². The van der Waals surface area contributed by atoms with Crippen LogP contribution >= 0.6 is 0 Å². The molecule has 0 rings (SSSR count). The van der Waals surface area contributed by atoms with Gasteiger partial charge >= 0.3 is 0 Å². The monoisotopic (exact) mass is 225 g/mol. The zero-order chi connectivity index (χ0) is 12.8. The standard InChI is InChI=1S/C15H31N/c1-8-11-15(9-2,10-3)12-14(6)16(7)13(4)5/h14H,4,8-12H2,1-3,5-7H3. The summed E-state index contributed by atoms with van der Waals surface area (Å²) in [4.78, 5) is 2.32. The predicted molar refractivity (Wildman–Crippen MR) is 74.6 cm³/mol. The van der Waals surface area contributed by atoms with Gasteiger partial charge in [-0.05, 0) is 32.1 Å². The van der Waals surface area contributed by atoms with Crippen molar-refractivity contribution in [3.8, 4) is 0 Å². The first-order chi connectivity index (χ1) is 7.42. The molecule has 1 unspecified atom stereocenters. The zero-order valence-electron chi connectivity index (χ0n) is 12.3. The molecule has 0 aliphatic carbocycles. The first-order valence-electron chi connectivity index (χ1n) is 6.80. The molecule has 0 aliphatic rings. The van der Waals surface area contributed by atoms with Gasteiger partial charge in [-0.1, -0.05) is 46.6 Å². The second kappa shape index (κ2) is 6.98. The van der Waals surface area contributed by atoms with Crippen LogP contribution in [0.3, 0.4) is 0 Å². The largest absolute Gasteiger partial charge is 0.376 e. The Morgan fingerprint density at radius 3 is 2.06 bits per heavy atom. The lowest BCUT2D eigenvalue weighted by Gasteiger charge is -2.38. The van der Waals surface area contributed by atoms with E-state index >= 15 is 0 Å². The van der Waals surface area contributed by atoms with Crippen molar-refractivity contribution in [3.05, 3.63) is 12.3 Å². The van der Waals surface area contributed by atoms with Gasteiger partial charge in [0.1, 0.15) is 0 Å². The highest BCUT2D eigenvalue weighted by Crippen LogP contribution is 2.38. The fourth-order valence-corrected chi connectivity index (χ4v) is 2.66. The fourth-order valence-electron chi connectivity index (χ4n) is 2.66. The van der Waals surface area contributed by atoms with Gasteiger partial charge < -0.3 is 4.90 Å². The Balaban J connectivity index is 4.55. The second-order valence-electron chi connectivity index (χ2n) is 5.36. The van der Waals surface area contributed by atoms with Crippen molar-refractivity contribution in [1.29, 1.82) is 0 Å². The molecule has 0 radical (unpaired) electrons. The molecule has 0 aromatic carbocycles. The smallest absolute Gasteiger partial charge is 0.0260 e. The summed E-state index contributed by atoms with van der Waals surface area (Å²) < 4.78 is 0. The predicted octanol–water partition coefficient (Wildman–Crippen LogP) is 4.84. The van der Waals surface area contributed by atoms with Crippen LogP contribution in [0, 0.1) is 5.41 Å². The van der Waals surface area contributed by atoms with E-state index in [0.717, 1.165) is 0 Å². The molecule has 0 saturated carbocycles. The van der Waals surface area contributed by atoms with Crippen LogP contribution in [-0.4, -0.2) is 18.0 Å². The number of hydrogen-bond donors (Lipinski definition) is 0. The molecule has 0 aliphatic heterocycles. The third-order valence-corrected chi connectivity index (χ3v) is 4.27. The van der Waals surface area contributed by atoms with E-state index in [1.165, 1.54) is 37.8 Å². The summed E-state index contributed by atoms with van der Waals surface area (Å²) in [6.07, 6.45) is 6.54. The average Bonchev–Trinajstić information content (AvgIpc) is 2.26. The number of nitrogens with zero attached hydrogens (tertiary/aromatic N) is 1. The molecular formula is C15H31N. The molecule has 0 bridgehead atoms. The van der Waals surface area contributed by atoms with Crippen molar-refractivity contribution >= 4 is 0 Å². The maximum atomic E-state index is 4.03. The highest BCUT2D eigenvalue weighted by atomic mass is 15.1. The van der Waals surface area contributed by atoms with E-state index in [-0.39, 0.29) is 0 Å².